The summed E-state index contributed by atoms with van der Waals surface area (Å²) < 4.78 is 10.3. The molecule has 0 aliphatic rings. The standard InChI is InChI=1S/C13H14N4O3S/c1-19-10-4-3-8(5-11(10)20-2)9(18)6-21-13-16-7-15-12(14)17-13/h3-5,7H,6H2,1-2H3,(H2,14,15,16,17). The number of Topliss-reactive ketones (excluding diaryl/α,β-unsaturated/α-hetero) is 1. The zero-order chi connectivity index (χ0) is 15.2. The van der Waals surface area contributed by atoms with Gasteiger partial charge >= 0.3 is 0 Å². The summed E-state index contributed by atoms with van der Waals surface area (Å²) in [4.78, 5) is 23.7. The van der Waals surface area contributed by atoms with E-state index in [9.17, 15) is 4.79 Å². The van der Waals surface area contributed by atoms with E-state index in [0.717, 1.165) is 0 Å². The molecule has 21 heavy (non-hydrogen) atoms. The van der Waals surface area contributed by atoms with E-state index in [0.29, 0.717) is 22.2 Å². The molecule has 110 valence electrons. The van der Waals surface area contributed by atoms with E-state index in [1.807, 2.05) is 0 Å². The Labute approximate surface area is 125 Å². The lowest BCUT2D eigenvalue weighted by Gasteiger charge is -2.08. The van der Waals surface area contributed by atoms with Crippen LogP contribution in [0.15, 0.2) is 29.7 Å². The van der Waals surface area contributed by atoms with Gasteiger partial charge in [-0.05, 0) is 18.2 Å². The summed E-state index contributed by atoms with van der Waals surface area (Å²) in [6, 6.07) is 5.02. The van der Waals surface area contributed by atoms with Crippen LogP contribution in [-0.4, -0.2) is 40.7 Å². The molecule has 0 atom stereocenters. The fourth-order valence-electron chi connectivity index (χ4n) is 1.59. The van der Waals surface area contributed by atoms with E-state index in [2.05, 4.69) is 15.0 Å². The van der Waals surface area contributed by atoms with Crippen molar-refractivity contribution in [3.63, 3.8) is 0 Å². The molecule has 0 radical (unpaired) electrons. The second kappa shape index (κ2) is 6.89. The lowest BCUT2D eigenvalue weighted by atomic mass is 10.1. The van der Waals surface area contributed by atoms with Crippen LogP contribution in [0.1, 0.15) is 10.4 Å². The highest BCUT2D eigenvalue weighted by Gasteiger charge is 2.12. The van der Waals surface area contributed by atoms with E-state index in [-0.39, 0.29) is 17.5 Å². The first-order valence-corrected chi connectivity index (χ1v) is 6.95. The van der Waals surface area contributed by atoms with Gasteiger partial charge in [0, 0.05) is 5.56 Å². The smallest absolute Gasteiger partial charge is 0.223 e. The number of nitrogen functional groups attached to an aromatic ring is 1. The van der Waals surface area contributed by atoms with Crippen molar-refractivity contribution in [2.45, 2.75) is 5.16 Å². The minimum absolute atomic E-state index is 0.0695. The first kappa shape index (κ1) is 15.0. The Morgan fingerprint density at radius 2 is 2.00 bits per heavy atom. The van der Waals surface area contributed by atoms with Gasteiger partial charge in [0.15, 0.2) is 22.4 Å². The van der Waals surface area contributed by atoms with Crippen LogP contribution in [0.25, 0.3) is 0 Å². The zero-order valence-corrected chi connectivity index (χ0v) is 12.4. The number of methoxy groups -OCH3 is 2. The number of benzene rings is 1. The molecule has 0 unspecified atom stereocenters. The second-order valence-electron chi connectivity index (χ2n) is 3.91. The number of nitrogens with two attached hydrogens (primary N) is 1. The molecule has 0 aliphatic heterocycles. The number of ether oxygens (including phenoxy) is 2. The van der Waals surface area contributed by atoms with Gasteiger partial charge in [-0.15, -0.1) is 0 Å². The molecule has 2 rings (SSSR count). The van der Waals surface area contributed by atoms with Crippen molar-refractivity contribution in [1.29, 1.82) is 0 Å². The minimum atomic E-state index is -0.0695. The third-order valence-electron chi connectivity index (χ3n) is 2.61. The van der Waals surface area contributed by atoms with Gasteiger partial charge in [-0.2, -0.15) is 4.98 Å². The molecule has 1 aromatic heterocycles. The van der Waals surface area contributed by atoms with Gasteiger partial charge in [-0.1, -0.05) is 11.8 Å². The van der Waals surface area contributed by atoms with Crippen molar-refractivity contribution >= 4 is 23.5 Å². The number of anilines is 1. The maximum atomic E-state index is 12.2. The van der Waals surface area contributed by atoms with E-state index in [4.69, 9.17) is 15.2 Å². The average molecular weight is 306 g/mol. The Balaban J connectivity index is 2.06. The third kappa shape index (κ3) is 3.82. The Morgan fingerprint density at radius 1 is 1.24 bits per heavy atom. The third-order valence-corrected chi connectivity index (χ3v) is 3.47. The summed E-state index contributed by atoms with van der Waals surface area (Å²) >= 11 is 1.20. The van der Waals surface area contributed by atoms with Gasteiger partial charge < -0.3 is 15.2 Å². The molecule has 2 N–H and O–H groups in total. The maximum Gasteiger partial charge on any atom is 0.223 e. The van der Waals surface area contributed by atoms with Crippen LogP contribution in [0.3, 0.4) is 0 Å². The summed E-state index contributed by atoms with van der Waals surface area (Å²) in [5.74, 6) is 1.34. The highest BCUT2D eigenvalue weighted by Crippen LogP contribution is 2.28. The van der Waals surface area contributed by atoms with Crippen molar-refractivity contribution in [1.82, 2.24) is 15.0 Å². The number of ketones is 1. The first-order chi connectivity index (χ1) is 10.1. The van der Waals surface area contributed by atoms with E-state index < -0.39 is 0 Å². The van der Waals surface area contributed by atoms with Crippen molar-refractivity contribution in [2.24, 2.45) is 0 Å². The lowest BCUT2D eigenvalue weighted by molar-refractivity contribution is 0.102. The van der Waals surface area contributed by atoms with Gasteiger partial charge in [0.2, 0.25) is 5.95 Å². The number of carbonyl (C=O) groups excluding carboxylic acids is 1. The number of hydrogen-bond acceptors (Lipinski definition) is 8. The molecular weight excluding hydrogens is 292 g/mol. The van der Waals surface area contributed by atoms with Gasteiger partial charge in [0.05, 0.1) is 20.0 Å². The molecule has 0 aliphatic carbocycles. The first-order valence-electron chi connectivity index (χ1n) is 5.96. The van der Waals surface area contributed by atoms with Crippen LogP contribution in [0.2, 0.25) is 0 Å². The molecule has 0 saturated carbocycles. The van der Waals surface area contributed by atoms with E-state index >= 15 is 0 Å². The Hall–Kier alpha value is -2.35. The maximum absolute atomic E-state index is 12.2. The molecule has 0 spiro atoms. The van der Waals surface area contributed by atoms with Crippen LogP contribution in [-0.2, 0) is 0 Å². The molecule has 7 nitrogen and oxygen atoms in total. The minimum Gasteiger partial charge on any atom is -0.493 e. The van der Waals surface area contributed by atoms with Crippen LogP contribution in [0, 0.1) is 0 Å². The topological polar surface area (TPSA) is 100 Å². The molecule has 2 aromatic rings. The summed E-state index contributed by atoms with van der Waals surface area (Å²) in [7, 11) is 3.06. The molecule has 1 heterocycles. The summed E-state index contributed by atoms with van der Waals surface area (Å²) in [5.41, 5.74) is 5.98. The number of hydrogen-bond donors (Lipinski definition) is 1. The highest BCUT2D eigenvalue weighted by atomic mass is 32.2. The quantitative estimate of drug-likeness (QED) is 0.632. The van der Waals surface area contributed by atoms with Crippen molar-refractivity contribution in [3.05, 3.63) is 30.1 Å². The van der Waals surface area contributed by atoms with Gasteiger partial charge in [-0.3, -0.25) is 4.79 Å². The van der Waals surface area contributed by atoms with Gasteiger partial charge in [0.1, 0.15) is 6.33 Å². The van der Waals surface area contributed by atoms with E-state index in [1.165, 1.54) is 25.2 Å². The number of carbonyl (C=O) groups is 1. The summed E-state index contributed by atoms with van der Waals surface area (Å²) in [5, 5.41) is 0.413. The Kier molecular flexibility index (Phi) is 4.94. The second-order valence-corrected chi connectivity index (χ2v) is 4.85. The van der Waals surface area contributed by atoms with Crippen LogP contribution in [0.4, 0.5) is 5.95 Å². The van der Waals surface area contributed by atoms with Crippen LogP contribution in [0.5, 0.6) is 11.5 Å². The molecular formula is C13H14N4O3S. The zero-order valence-electron chi connectivity index (χ0n) is 11.6. The monoisotopic (exact) mass is 306 g/mol. The van der Waals surface area contributed by atoms with Crippen LogP contribution < -0.4 is 15.2 Å². The largest absolute Gasteiger partial charge is 0.493 e. The number of nitrogens with zero attached hydrogens (tertiary/aromatic N) is 3. The van der Waals surface area contributed by atoms with E-state index in [1.54, 1.807) is 25.3 Å². The van der Waals surface area contributed by atoms with Gasteiger partial charge in [0.25, 0.3) is 0 Å². The molecule has 1 aromatic carbocycles. The summed E-state index contributed by atoms with van der Waals surface area (Å²) in [6.07, 6.45) is 1.31. The fourth-order valence-corrected chi connectivity index (χ4v) is 2.29. The van der Waals surface area contributed by atoms with Gasteiger partial charge in [-0.25, -0.2) is 9.97 Å². The lowest BCUT2D eigenvalue weighted by Crippen LogP contribution is -2.05. The van der Waals surface area contributed by atoms with Crippen molar-refractivity contribution in [3.8, 4) is 11.5 Å². The SMILES string of the molecule is COc1ccc(C(=O)CSc2ncnc(N)n2)cc1OC. The molecule has 0 fully saturated rings. The number of aromatic nitrogens is 3. The molecule has 0 saturated heterocycles. The highest BCUT2D eigenvalue weighted by molar-refractivity contribution is 7.99. The Bertz CT molecular complexity index is 651. The van der Waals surface area contributed by atoms with Crippen LogP contribution >= 0.6 is 11.8 Å². The predicted octanol–water partition coefficient (Wildman–Crippen LogP) is 1.45. The normalized spacial score (nSPS) is 10.2. The molecule has 8 heteroatoms. The number of thioether (sulfide) groups is 1. The fraction of sp³-hybridized carbons (Fsp3) is 0.231. The summed E-state index contributed by atoms with van der Waals surface area (Å²) in [6.45, 7) is 0. The molecule has 0 amide bonds. The van der Waals surface area contributed by atoms with Crippen molar-refractivity contribution in [2.75, 3.05) is 25.7 Å². The predicted molar refractivity (Wildman–Crippen MR) is 78.8 cm³/mol. The number of rotatable bonds is 6. The van der Waals surface area contributed by atoms with Crippen molar-refractivity contribution < 1.29 is 14.3 Å². The molecule has 0 bridgehead atoms. The Morgan fingerprint density at radius 3 is 2.67 bits per heavy atom. The average Bonchev–Trinajstić information content (AvgIpc) is 2.52.